The molecule has 4 nitrogen and oxygen atoms in total. The summed E-state index contributed by atoms with van der Waals surface area (Å²) in [5.41, 5.74) is -17.4. The summed E-state index contributed by atoms with van der Waals surface area (Å²) in [6.45, 7) is 3.84. The van der Waals surface area contributed by atoms with E-state index in [4.69, 9.17) is 0 Å². The van der Waals surface area contributed by atoms with Gasteiger partial charge in [0.25, 0.3) is 0 Å². The number of ether oxygens (including phenoxy) is 2. The van der Waals surface area contributed by atoms with Gasteiger partial charge in [0.15, 0.2) is 0 Å². The fraction of sp³-hybridized carbons (Fsp3) is 0.667. The van der Waals surface area contributed by atoms with Crippen LogP contribution < -0.4 is 0 Å². The van der Waals surface area contributed by atoms with E-state index in [9.17, 15) is 79.8 Å². The van der Waals surface area contributed by atoms with Gasteiger partial charge < -0.3 is 9.47 Å². The van der Waals surface area contributed by atoms with Crippen LogP contribution in [0.5, 0.6) is 0 Å². The Balaban J connectivity index is 6.98. The summed E-state index contributed by atoms with van der Waals surface area (Å²) >= 11 is 0. The van der Waals surface area contributed by atoms with Crippen molar-refractivity contribution in [1.29, 1.82) is 0 Å². The minimum atomic E-state index is -8.04. The largest absolute Gasteiger partial charge is 0.473 e. The third-order valence-electron chi connectivity index (χ3n) is 5.02. The number of hydrogen-bond acceptors (Lipinski definition) is 4. The SMILES string of the molecule is C=C(C)C(=O)OC(F)(F)C(F)(F)C(F)(F)C(F)(F)[Si](C)(C)C(F)(F)C(F)(F)C(F)(F)C(F)(F)OC(=O)C(=C)C. The normalized spacial score (nSPS) is 15.1. The van der Waals surface area contributed by atoms with Gasteiger partial charge in [0.1, 0.15) is 0 Å². The smallest absolute Gasteiger partial charge is 0.393 e. The minimum absolute atomic E-state index is 0.464. The molecule has 0 aliphatic heterocycles. The number of hydrogen-bond donors (Lipinski definition) is 0. The number of halogens is 16. The Hall–Kier alpha value is -2.48. The molecule has 0 saturated carbocycles. The van der Waals surface area contributed by atoms with Crippen molar-refractivity contribution >= 4 is 20.0 Å². The van der Waals surface area contributed by atoms with Gasteiger partial charge in [-0.3, -0.25) is 0 Å². The van der Waals surface area contributed by atoms with Crippen molar-refractivity contribution in [3.63, 3.8) is 0 Å². The van der Waals surface area contributed by atoms with E-state index >= 15 is 0 Å². The molecule has 0 aromatic heterocycles. The Morgan fingerprint density at radius 2 is 0.718 bits per heavy atom. The van der Waals surface area contributed by atoms with Crippen molar-refractivity contribution in [3.8, 4) is 0 Å². The molecule has 0 atom stereocenters. The molecule has 0 aromatic rings. The second-order valence-corrected chi connectivity index (χ2v) is 13.0. The summed E-state index contributed by atoms with van der Waals surface area (Å²) in [5.74, 6) is -36.5. The van der Waals surface area contributed by atoms with Crippen LogP contribution >= 0.6 is 0 Å². The number of esters is 2. The second kappa shape index (κ2) is 9.86. The standard InChI is InChI=1S/C18H16F16O4Si/c1-7(2)9(35)37-15(27,28)11(19,20)13(23,24)17(31,32)39(5,6)18(33,34)14(25,26)12(21,22)16(29,30)38-10(36)8(3)4/h1,3H2,2,4-6H3. The van der Waals surface area contributed by atoms with Crippen LogP contribution in [-0.2, 0) is 19.1 Å². The number of rotatable bonds is 12. The fourth-order valence-corrected chi connectivity index (χ4v) is 4.56. The van der Waals surface area contributed by atoms with Gasteiger partial charge in [-0.2, -0.15) is 52.7 Å². The van der Waals surface area contributed by atoms with Crippen LogP contribution in [0.3, 0.4) is 0 Å². The molecule has 0 aliphatic rings. The summed E-state index contributed by atoms with van der Waals surface area (Å²) in [5, 5.41) is 0. The summed E-state index contributed by atoms with van der Waals surface area (Å²) < 4.78 is 230. The zero-order valence-electron chi connectivity index (χ0n) is 19.6. The van der Waals surface area contributed by atoms with E-state index < -0.39 is 91.3 Å². The van der Waals surface area contributed by atoms with Crippen LogP contribution in [0.25, 0.3) is 0 Å². The Morgan fingerprint density at radius 1 is 0.513 bits per heavy atom. The highest BCUT2D eigenvalue weighted by atomic mass is 28.3. The summed E-state index contributed by atoms with van der Waals surface area (Å²) in [6, 6.07) is 0. The van der Waals surface area contributed by atoms with E-state index in [-0.39, 0.29) is 0 Å². The molecule has 0 amide bonds. The lowest BCUT2D eigenvalue weighted by Crippen LogP contribution is -2.80. The molecule has 0 spiro atoms. The van der Waals surface area contributed by atoms with Gasteiger partial charge >= 0.3 is 58.9 Å². The zero-order valence-corrected chi connectivity index (χ0v) is 20.6. The molecular formula is C18H16F16O4Si. The van der Waals surface area contributed by atoms with Crippen LogP contribution in [0, 0.1) is 0 Å². The first-order valence-corrected chi connectivity index (χ1v) is 12.5. The molecule has 0 bridgehead atoms. The van der Waals surface area contributed by atoms with E-state index in [1.807, 2.05) is 0 Å². The zero-order chi connectivity index (χ0) is 32.2. The first-order chi connectivity index (χ1) is 16.7. The van der Waals surface area contributed by atoms with E-state index in [2.05, 4.69) is 22.6 Å². The Bertz CT molecular complexity index is 941. The van der Waals surface area contributed by atoms with Gasteiger partial charge in [0, 0.05) is 11.1 Å². The first-order valence-electron chi connectivity index (χ1n) is 9.46. The van der Waals surface area contributed by atoms with Crippen molar-refractivity contribution < 1.29 is 89.3 Å². The molecule has 228 valence electrons. The van der Waals surface area contributed by atoms with Gasteiger partial charge in [-0.05, 0) is 13.8 Å². The van der Waals surface area contributed by atoms with Crippen LogP contribution in [0.1, 0.15) is 13.8 Å². The molecule has 39 heavy (non-hydrogen) atoms. The van der Waals surface area contributed by atoms with Crippen LogP contribution in [0.2, 0.25) is 13.1 Å². The molecule has 21 heteroatoms. The van der Waals surface area contributed by atoms with E-state index in [0.717, 1.165) is 0 Å². The predicted octanol–water partition coefficient (Wildman–Crippen LogP) is 7.01. The van der Waals surface area contributed by atoms with Gasteiger partial charge in [0.05, 0.1) is 0 Å². The Kier molecular flexibility index (Phi) is 9.23. The quantitative estimate of drug-likeness (QED) is 0.101. The summed E-state index contributed by atoms with van der Waals surface area (Å²) in [6.07, 6.45) is -14.0. The van der Waals surface area contributed by atoms with Gasteiger partial charge in [-0.1, -0.05) is 26.3 Å². The lowest BCUT2D eigenvalue weighted by Gasteiger charge is -2.47. The topological polar surface area (TPSA) is 52.6 Å². The molecule has 0 heterocycles. The minimum Gasteiger partial charge on any atom is -0.393 e. The average Bonchev–Trinajstić information content (AvgIpc) is 2.71. The maximum absolute atomic E-state index is 14.5. The number of alkyl halides is 16. The monoisotopic (exact) mass is 628 g/mol. The molecule has 0 saturated heterocycles. The fourth-order valence-electron chi connectivity index (χ4n) is 2.28. The third kappa shape index (κ3) is 5.21. The molecule has 0 fully saturated rings. The third-order valence-corrected chi connectivity index (χ3v) is 8.78. The Morgan fingerprint density at radius 3 is 0.897 bits per heavy atom. The van der Waals surface area contributed by atoms with Crippen molar-refractivity contribution in [3.05, 3.63) is 24.3 Å². The van der Waals surface area contributed by atoms with E-state index in [1.165, 1.54) is 0 Å². The predicted molar refractivity (Wildman–Crippen MR) is 98.9 cm³/mol. The highest BCUT2D eigenvalue weighted by Gasteiger charge is 2.93. The summed E-state index contributed by atoms with van der Waals surface area (Å²) in [7, 11) is -8.04. The summed E-state index contributed by atoms with van der Waals surface area (Å²) in [4.78, 5) is 22.0. The maximum Gasteiger partial charge on any atom is 0.473 e. The molecule has 0 radical (unpaired) electrons. The van der Waals surface area contributed by atoms with Crippen LogP contribution in [-0.4, -0.2) is 67.0 Å². The second-order valence-electron chi connectivity index (χ2n) is 8.44. The molecular weight excluding hydrogens is 612 g/mol. The van der Waals surface area contributed by atoms with E-state index in [0.29, 0.717) is 13.8 Å². The molecule has 0 N–H and O–H groups in total. The lowest BCUT2D eigenvalue weighted by molar-refractivity contribution is -0.414. The van der Waals surface area contributed by atoms with Crippen molar-refractivity contribution in [2.75, 3.05) is 0 Å². The van der Waals surface area contributed by atoms with Gasteiger partial charge in [-0.25, -0.2) is 27.2 Å². The van der Waals surface area contributed by atoms with Crippen LogP contribution in [0.15, 0.2) is 24.3 Å². The highest BCUT2D eigenvalue weighted by molar-refractivity contribution is 6.82. The van der Waals surface area contributed by atoms with E-state index in [1.54, 1.807) is 0 Å². The highest BCUT2D eigenvalue weighted by Crippen LogP contribution is 2.62. The van der Waals surface area contributed by atoms with Gasteiger partial charge in [-0.15, -0.1) is 0 Å². The van der Waals surface area contributed by atoms with Crippen molar-refractivity contribution in [1.82, 2.24) is 0 Å². The maximum atomic E-state index is 14.5. The molecule has 0 rings (SSSR count). The first kappa shape index (κ1) is 36.5. The number of carbonyl (C=O) groups is 2. The molecule has 0 unspecified atom stereocenters. The lowest BCUT2D eigenvalue weighted by atomic mass is 10.1. The van der Waals surface area contributed by atoms with Crippen molar-refractivity contribution in [2.24, 2.45) is 0 Å². The average molecular weight is 628 g/mol. The molecule has 0 aliphatic carbocycles. The number of carbonyl (C=O) groups excluding carboxylic acids is 2. The van der Waals surface area contributed by atoms with Crippen molar-refractivity contribution in [2.45, 2.75) is 73.9 Å². The van der Waals surface area contributed by atoms with Gasteiger partial charge in [0.2, 0.25) is 8.07 Å². The Labute approximate surface area is 208 Å². The van der Waals surface area contributed by atoms with Crippen LogP contribution in [0.4, 0.5) is 70.2 Å². The molecule has 0 aromatic carbocycles.